The van der Waals surface area contributed by atoms with Crippen molar-refractivity contribution in [2.24, 2.45) is 0 Å². The number of nitrogens with one attached hydrogen (secondary N) is 1. The molecule has 0 aliphatic carbocycles. The molecule has 0 spiro atoms. The van der Waals surface area contributed by atoms with E-state index in [1.54, 1.807) is 51.4 Å². The second-order valence-electron chi connectivity index (χ2n) is 7.21. The van der Waals surface area contributed by atoms with Gasteiger partial charge in [-0.2, -0.15) is 0 Å². The highest BCUT2D eigenvalue weighted by Gasteiger charge is 2.20. The topological polar surface area (TPSA) is 99.7 Å². The minimum Gasteiger partial charge on any atom is -0.462 e. The molecule has 2 aromatic carbocycles. The molecule has 0 fully saturated rings. The number of rotatable bonds is 8. The Kier molecular flexibility index (Phi) is 6.55. The maximum absolute atomic E-state index is 12.5. The van der Waals surface area contributed by atoms with Gasteiger partial charge in [0, 0.05) is 29.0 Å². The lowest BCUT2D eigenvalue weighted by molar-refractivity contribution is 0.0509. The summed E-state index contributed by atoms with van der Waals surface area (Å²) in [4.78, 5) is 31.9. The number of fused-ring (bicyclic) bond motifs is 3. The second kappa shape index (κ2) is 9.70. The summed E-state index contributed by atoms with van der Waals surface area (Å²) >= 11 is 0. The van der Waals surface area contributed by atoms with Crippen LogP contribution in [-0.2, 0) is 20.8 Å². The maximum atomic E-state index is 12.5. The summed E-state index contributed by atoms with van der Waals surface area (Å²) in [6.07, 6.45) is 1.62. The predicted molar refractivity (Wildman–Crippen MR) is 123 cm³/mol. The van der Waals surface area contributed by atoms with Crippen molar-refractivity contribution in [2.45, 2.75) is 20.5 Å². The van der Waals surface area contributed by atoms with E-state index in [0.29, 0.717) is 29.2 Å². The van der Waals surface area contributed by atoms with Gasteiger partial charge in [-0.05, 0) is 56.3 Å². The van der Waals surface area contributed by atoms with Gasteiger partial charge in [0.25, 0.3) is 0 Å². The van der Waals surface area contributed by atoms with E-state index >= 15 is 0 Å². The number of carbonyl (C=O) groups excluding carboxylic acids is 2. The number of carbonyl (C=O) groups is 2. The zero-order chi connectivity index (χ0) is 23.4. The molecule has 0 amide bonds. The Morgan fingerprint density at radius 1 is 0.909 bits per heavy atom. The minimum atomic E-state index is -0.491. The van der Waals surface area contributed by atoms with E-state index in [2.05, 4.69) is 9.97 Å². The highest BCUT2D eigenvalue weighted by Crippen LogP contribution is 2.34. The fourth-order valence-electron chi connectivity index (χ4n) is 3.67. The van der Waals surface area contributed by atoms with Gasteiger partial charge in [0.2, 0.25) is 0 Å². The Labute approximate surface area is 190 Å². The molecule has 0 saturated heterocycles. The molecule has 0 atom stereocenters. The van der Waals surface area contributed by atoms with Gasteiger partial charge in [-0.25, -0.2) is 14.6 Å². The Bertz CT molecular complexity index is 1310. The molecule has 2 aromatic heterocycles. The number of aromatic nitrogens is 2. The van der Waals surface area contributed by atoms with Crippen LogP contribution in [0, 0.1) is 0 Å². The molecule has 170 valence electrons. The van der Waals surface area contributed by atoms with Crippen LogP contribution in [-0.4, -0.2) is 42.2 Å². The van der Waals surface area contributed by atoms with E-state index in [-0.39, 0.29) is 24.9 Å². The number of nitrogens with zero attached hydrogens (tertiary/aromatic N) is 1. The summed E-state index contributed by atoms with van der Waals surface area (Å²) in [5.41, 5.74) is 2.99. The second-order valence-corrected chi connectivity index (χ2v) is 7.21. The van der Waals surface area contributed by atoms with E-state index in [9.17, 15) is 9.59 Å². The van der Waals surface area contributed by atoms with Gasteiger partial charge in [0.1, 0.15) is 11.5 Å². The van der Waals surface area contributed by atoms with Crippen LogP contribution < -0.4 is 4.74 Å². The first-order valence-corrected chi connectivity index (χ1v) is 10.6. The smallest absolute Gasteiger partial charge is 0.357 e. The van der Waals surface area contributed by atoms with E-state index in [1.165, 1.54) is 0 Å². The Hall–Kier alpha value is -3.91. The molecular weight excluding hydrogens is 424 g/mol. The van der Waals surface area contributed by atoms with Gasteiger partial charge in [-0.1, -0.05) is 0 Å². The molecule has 8 nitrogen and oxygen atoms in total. The number of benzene rings is 2. The molecular formula is C25H24N2O6. The summed E-state index contributed by atoms with van der Waals surface area (Å²) in [7, 11) is 1.57. The van der Waals surface area contributed by atoms with Crippen molar-refractivity contribution in [2.75, 3.05) is 20.3 Å². The first-order valence-electron chi connectivity index (χ1n) is 10.6. The molecule has 4 aromatic rings. The molecule has 0 unspecified atom stereocenters. The number of ether oxygens (including phenoxy) is 4. The van der Waals surface area contributed by atoms with Crippen LogP contribution in [0.4, 0.5) is 0 Å². The third-order valence-corrected chi connectivity index (χ3v) is 5.07. The van der Waals surface area contributed by atoms with E-state index in [1.807, 2.05) is 18.2 Å². The predicted octanol–water partition coefficient (Wildman–Crippen LogP) is 5.01. The first-order chi connectivity index (χ1) is 16.0. The van der Waals surface area contributed by atoms with Crippen molar-refractivity contribution < 1.29 is 28.5 Å². The molecule has 0 aliphatic rings. The summed E-state index contributed by atoms with van der Waals surface area (Å²) in [6, 6.07) is 12.4. The number of hydrogen-bond acceptors (Lipinski definition) is 7. The number of hydrogen-bond donors (Lipinski definition) is 1. The molecule has 1 N–H and O–H groups in total. The first kappa shape index (κ1) is 22.3. The van der Waals surface area contributed by atoms with Crippen molar-refractivity contribution in [3.63, 3.8) is 0 Å². The number of H-pyrrole nitrogens is 1. The summed E-state index contributed by atoms with van der Waals surface area (Å²) < 4.78 is 21.6. The van der Waals surface area contributed by atoms with Crippen molar-refractivity contribution in [1.82, 2.24) is 9.97 Å². The van der Waals surface area contributed by atoms with Crippen molar-refractivity contribution in [3.8, 4) is 11.5 Å². The van der Waals surface area contributed by atoms with Crippen LogP contribution in [0.1, 0.15) is 40.3 Å². The average Bonchev–Trinajstić information content (AvgIpc) is 3.18. The van der Waals surface area contributed by atoms with Gasteiger partial charge in [-0.15, -0.1) is 0 Å². The van der Waals surface area contributed by atoms with Crippen LogP contribution >= 0.6 is 0 Å². The minimum absolute atomic E-state index is 0.200. The lowest BCUT2D eigenvalue weighted by atomic mass is 10.1. The van der Waals surface area contributed by atoms with Gasteiger partial charge in [0.05, 0.1) is 37.1 Å². The Morgan fingerprint density at radius 2 is 1.61 bits per heavy atom. The summed E-state index contributed by atoms with van der Waals surface area (Å²) in [5.74, 6) is 0.314. The third kappa shape index (κ3) is 4.51. The molecule has 0 radical (unpaired) electrons. The molecule has 0 bridgehead atoms. The van der Waals surface area contributed by atoms with E-state index < -0.39 is 5.97 Å². The molecule has 0 saturated carbocycles. The normalized spacial score (nSPS) is 11.0. The van der Waals surface area contributed by atoms with Gasteiger partial charge in [0.15, 0.2) is 5.69 Å². The fraction of sp³-hybridized carbons (Fsp3) is 0.240. The standard InChI is InChI=1S/C25H24N2O6/c1-4-31-24(28)15-6-8-16(9-7-15)33-17-10-11-20-18(12-17)22-19(14-30-3)23(25(29)32-5-2)26-13-21(22)27-20/h6-13,27H,4-5,14H2,1-3H3. The number of methoxy groups -OCH3 is 1. The van der Waals surface area contributed by atoms with Gasteiger partial charge < -0.3 is 23.9 Å². The van der Waals surface area contributed by atoms with Crippen molar-refractivity contribution in [1.29, 1.82) is 0 Å². The van der Waals surface area contributed by atoms with E-state index in [0.717, 1.165) is 21.8 Å². The van der Waals surface area contributed by atoms with Crippen LogP contribution in [0.2, 0.25) is 0 Å². The number of esters is 2. The van der Waals surface area contributed by atoms with Crippen molar-refractivity contribution >= 4 is 33.7 Å². The van der Waals surface area contributed by atoms with Crippen LogP contribution in [0.15, 0.2) is 48.7 Å². The van der Waals surface area contributed by atoms with Crippen LogP contribution in [0.5, 0.6) is 11.5 Å². The lowest BCUT2D eigenvalue weighted by Crippen LogP contribution is -2.11. The van der Waals surface area contributed by atoms with E-state index in [4.69, 9.17) is 18.9 Å². The highest BCUT2D eigenvalue weighted by molar-refractivity contribution is 6.11. The quantitative estimate of drug-likeness (QED) is 0.378. The van der Waals surface area contributed by atoms with Crippen molar-refractivity contribution in [3.05, 3.63) is 65.5 Å². The zero-order valence-corrected chi connectivity index (χ0v) is 18.6. The molecule has 8 heteroatoms. The monoisotopic (exact) mass is 448 g/mol. The highest BCUT2D eigenvalue weighted by atomic mass is 16.5. The van der Waals surface area contributed by atoms with Crippen LogP contribution in [0.3, 0.4) is 0 Å². The fourth-order valence-corrected chi connectivity index (χ4v) is 3.67. The maximum Gasteiger partial charge on any atom is 0.357 e. The Morgan fingerprint density at radius 3 is 2.30 bits per heavy atom. The summed E-state index contributed by atoms with van der Waals surface area (Å²) in [6.45, 7) is 4.29. The number of pyridine rings is 1. The lowest BCUT2D eigenvalue weighted by Gasteiger charge is -2.10. The average molecular weight is 448 g/mol. The number of aromatic amines is 1. The summed E-state index contributed by atoms with van der Waals surface area (Å²) in [5, 5.41) is 1.69. The molecule has 0 aliphatic heterocycles. The third-order valence-electron chi connectivity index (χ3n) is 5.07. The SMILES string of the molecule is CCOC(=O)c1ccc(Oc2ccc3[nH]c4cnc(C(=O)OCC)c(COC)c4c3c2)cc1. The molecule has 4 rings (SSSR count). The molecule has 2 heterocycles. The van der Waals surface area contributed by atoms with Gasteiger partial charge in [-0.3, -0.25) is 0 Å². The zero-order valence-electron chi connectivity index (χ0n) is 18.6. The largest absolute Gasteiger partial charge is 0.462 e. The van der Waals surface area contributed by atoms with Gasteiger partial charge >= 0.3 is 11.9 Å². The Balaban J connectivity index is 1.73. The molecule has 33 heavy (non-hydrogen) atoms. The van der Waals surface area contributed by atoms with Crippen LogP contribution in [0.25, 0.3) is 21.8 Å².